The summed E-state index contributed by atoms with van der Waals surface area (Å²) in [6.45, 7) is 0.718. The molecule has 0 radical (unpaired) electrons. The van der Waals surface area contributed by atoms with Gasteiger partial charge in [0, 0.05) is 12.1 Å². The number of aromatic nitrogens is 2. The summed E-state index contributed by atoms with van der Waals surface area (Å²) in [5.41, 5.74) is 1.63. The van der Waals surface area contributed by atoms with Gasteiger partial charge in [-0.05, 0) is 24.6 Å². The summed E-state index contributed by atoms with van der Waals surface area (Å²) >= 11 is 13.5. The van der Waals surface area contributed by atoms with E-state index in [-0.39, 0.29) is 0 Å². The van der Waals surface area contributed by atoms with Crippen molar-refractivity contribution in [2.75, 3.05) is 7.05 Å². The average Bonchev–Trinajstić information content (AvgIpc) is 2.71. The summed E-state index contributed by atoms with van der Waals surface area (Å²) in [7, 11) is 1.88. The van der Waals surface area contributed by atoms with Crippen molar-refractivity contribution in [1.82, 2.24) is 14.9 Å². The van der Waals surface area contributed by atoms with Gasteiger partial charge in [0.25, 0.3) is 0 Å². The third kappa shape index (κ3) is 2.20. The van der Waals surface area contributed by atoms with Crippen LogP contribution in [0, 0.1) is 0 Å². The van der Waals surface area contributed by atoms with Crippen LogP contribution >= 0.6 is 34.7 Å². The Labute approximate surface area is 108 Å². The summed E-state index contributed by atoms with van der Waals surface area (Å²) in [5, 5.41) is 8.21. The third-order valence-corrected chi connectivity index (χ3v) is 3.64. The molecule has 0 aliphatic rings. The van der Waals surface area contributed by atoms with Gasteiger partial charge < -0.3 is 5.32 Å². The molecule has 0 atom stereocenters. The fraction of sp³-hybridized carbons (Fsp3) is 0.200. The Balaban J connectivity index is 2.50. The van der Waals surface area contributed by atoms with Gasteiger partial charge in [0.2, 0.25) is 0 Å². The van der Waals surface area contributed by atoms with Gasteiger partial charge in [-0.2, -0.15) is 0 Å². The minimum Gasteiger partial charge on any atom is -0.315 e. The maximum absolute atomic E-state index is 6.14. The SMILES string of the molecule is CNCc1snnc1-c1cccc(Cl)c1Cl. The Morgan fingerprint density at radius 2 is 2.19 bits per heavy atom. The number of benzene rings is 1. The van der Waals surface area contributed by atoms with Crippen molar-refractivity contribution >= 4 is 34.7 Å². The Kier molecular flexibility index (Phi) is 3.76. The molecule has 2 rings (SSSR count). The summed E-state index contributed by atoms with van der Waals surface area (Å²) in [6.07, 6.45) is 0. The Hall–Kier alpha value is -0.680. The lowest BCUT2D eigenvalue weighted by molar-refractivity contribution is 0.830. The molecular formula is C10H9Cl2N3S. The van der Waals surface area contributed by atoms with Crippen LogP contribution in [0.4, 0.5) is 0 Å². The smallest absolute Gasteiger partial charge is 0.111 e. The zero-order chi connectivity index (χ0) is 11.5. The van der Waals surface area contributed by atoms with E-state index in [1.165, 1.54) is 11.5 Å². The Morgan fingerprint density at radius 3 is 2.94 bits per heavy atom. The number of halogens is 2. The summed E-state index contributed by atoms with van der Waals surface area (Å²) < 4.78 is 3.94. The van der Waals surface area contributed by atoms with Gasteiger partial charge in [-0.15, -0.1) is 5.10 Å². The first-order chi connectivity index (χ1) is 7.74. The molecule has 1 aromatic heterocycles. The van der Waals surface area contributed by atoms with E-state index in [0.29, 0.717) is 10.0 Å². The number of nitrogens with one attached hydrogen (secondary N) is 1. The van der Waals surface area contributed by atoms with E-state index in [2.05, 4.69) is 14.9 Å². The van der Waals surface area contributed by atoms with Gasteiger partial charge in [0.15, 0.2) is 0 Å². The van der Waals surface area contributed by atoms with E-state index in [1.807, 2.05) is 19.2 Å². The predicted octanol–water partition coefficient (Wildman–Crippen LogP) is 3.23. The molecule has 16 heavy (non-hydrogen) atoms. The molecule has 2 aromatic rings. The molecule has 0 unspecified atom stereocenters. The van der Waals surface area contributed by atoms with Gasteiger partial charge in [0.1, 0.15) is 5.69 Å². The highest BCUT2D eigenvalue weighted by Gasteiger charge is 2.14. The lowest BCUT2D eigenvalue weighted by Crippen LogP contribution is -2.04. The van der Waals surface area contributed by atoms with E-state index < -0.39 is 0 Å². The van der Waals surface area contributed by atoms with Crippen molar-refractivity contribution in [3.8, 4) is 11.3 Å². The number of nitrogens with zero attached hydrogens (tertiary/aromatic N) is 2. The molecule has 3 nitrogen and oxygen atoms in total. The maximum Gasteiger partial charge on any atom is 0.111 e. The van der Waals surface area contributed by atoms with Crippen molar-refractivity contribution in [3.63, 3.8) is 0 Å². The van der Waals surface area contributed by atoms with E-state index in [0.717, 1.165) is 22.7 Å². The molecule has 1 N–H and O–H groups in total. The van der Waals surface area contributed by atoms with Crippen LogP contribution < -0.4 is 5.32 Å². The quantitative estimate of drug-likeness (QED) is 0.933. The second-order valence-corrected chi connectivity index (χ2v) is 4.80. The van der Waals surface area contributed by atoms with Crippen LogP contribution in [-0.2, 0) is 6.54 Å². The van der Waals surface area contributed by atoms with Crippen LogP contribution in [0.3, 0.4) is 0 Å². The first kappa shape index (κ1) is 11.8. The molecule has 1 heterocycles. The third-order valence-electron chi connectivity index (χ3n) is 2.10. The summed E-state index contributed by atoms with van der Waals surface area (Å²) in [5.74, 6) is 0. The fourth-order valence-electron chi connectivity index (χ4n) is 1.38. The first-order valence-electron chi connectivity index (χ1n) is 4.64. The molecular weight excluding hydrogens is 265 g/mol. The van der Waals surface area contributed by atoms with E-state index in [4.69, 9.17) is 23.2 Å². The van der Waals surface area contributed by atoms with Crippen LogP contribution in [0.15, 0.2) is 18.2 Å². The number of rotatable bonds is 3. The monoisotopic (exact) mass is 273 g/mol. The highest BCUT2D eigenvalue weighted by molar-refractivity contribution is 7.06. The normalized spacial score (nSPS) is 10.7. The Morgan fingerprint density at radius 1 is 1.38 bits per heavy atom. The standard InChI is InChI=1S/C10H9Cl2N3S/c1-13-5-8-10(14-15-16-8)6-3-2-4-7(11)9(6)12/h2-4,13H,5H2,1H3. The average molecular weight is 274 g/mol. The molecule has 6 heteroatoms. The van der Waals surface area contributed by atoms with Gasteiger partial charge >= 0.3 is 0 Å². The predicted molar refractivity (Wildman–Crippen MR) is 68.1 cm³/mol. The molecule has 0 amide bonds. The maximum atomic E-state index is 6.14. The molecule has 0 saturated heterocycles. The Bertz CT molecular complexity index is 499. The van der Waals surface area contributed by atoms with Crippen LogP contribution in [-0.4, -0.2) is 16.6 Å². The minimum atomic E-state index is 0.522. The molecule has 0 spiro atoms. The second kappa shape index (κ2) is 5.10. The zero-order valence-electron chi connectivity index (χ0n) is 8.50. The molecule has 1 aromatic carbocycles. The van der Waals surface area contributed by atoms with Crippen LogP contribution in [0.5, 0.6) is 0 Å². The van der Waals surface area contributed by atoms with Crippen molar-refractivity contribution in [1.29, 1.82) is 0 Å². The van der Waals surface area contributed by atoms with Gasteiger partial charge in [0.05, 0.1) is 14.9 Å². The van der Waals surface area contributed by atoms with Crippen molar-refractivity contribution in [2.45, 2.75) is 6.54 Å². The molecule has 0 bridgehead atoms. The molecule has 0 fully saturated rings. The highest BCUT2D eigenvalue weighted by Crippen LogP contribution is 2.34. The van der Waals surface area contributed by atoms with Crippen molar-refractivity contribution < 1.29 is 0 Å². The molecule has 0 aliphatic heterocycles. The lowest BCUT2D eigenvalue weighted by Gasteiger charge is -2.04. The van der Waals surface area contributed by atoms with Crippen molar-refractivity contribution in [3.05, 3.63) is 33.1 Å². The van der Waals surface area contributed by atoms with Gasteiger partial charge in [-0.25, -0.2) is 0 Å². The van der Waals surface area contributed by atoms with Gasteiger partial charge in [-0.1, -0.05) is 39.8 Å². The van der Waals surface area contributed by atoms with Crippen LogP contribution in [0.25, 0.3) is 11.3 Å². The first-order valence-corrected chi connectivity index (χ1v) is 6.17. The highest BCUT2D eigenvalue weighted by atomic mass is 35.5. The largest absolute Gasteiger partial charge is 0.315 e. The number of hydrogen-bond donors (Lipinski definition) is 1. The van der Waals surface area contributed by atoms with E-state index >= 15 is 0 Å². The molecule has 0 aliphatic carbocycles. The minimum absolute atomic E-state index is 0.522. The zero-order valence-corrected chi connectivity index (χ0v) is 10.8. The topological polar surface area (TPSA) is 37.8 Å². The molecule has 0 saturated carbocycles. The lowest BCUT2D eigenvalue weighted by atomic mass is 10.1. The number of hydrogen-bond acceptors (Lipinski definition) is 4. The second-order valence-electron chi connectivity index (χ2n) is 3.18. The van der Waals surface area contributed by atoms with Crippen molar-refractivity contribution in [2.24, 2.45) is 0 Å². The van der Waals surface area contributed by atoms with Gasteiger partial charge in [-0.3, -0.25) is 0 Å². The fourth-order valence-corrected chi connectivity index (χ4v) is 2.43. The summed E-state index contributed by atoms with van der Waals surface area (Å²) in [6, 6.07) is 5.50. The summed E-state index contributed by atoms with van der Waals surface area (Å²) in [4.78, 5) is 1.05. The molecule has 84 valence electrons. The van der Waals surface area contributed by atoms with E-state index in [9.17, 15) is 0 Å². The van der Waals surface area contributed by atoms with Crippen LogP contribution in [0.2, 0.25) is 10.0 Å². The van der Waals surface area contributed by atoms with Crippen LogP contribution in [0.1, 0.15) is 4.88 Å². The van der Waals surface area contributed by atoms with E-state index in [1.54, 1.807) is 6.07 Å².